The number of nitrogens with one attached hydrogen (secondary N) is 5. The molecule has 0 aromatic heterocycles. The molecule has 0 spiro atoms. The summed E-state index contributed by atoms with van der Waals surface area (Å²) >= 11 is 0. The van der Waals surface area contributed by atoms with Gasteiger partial charge < -0.3 is 154 Å². The number of phosphoric acid groups is 1. The molecule has 0 saturated carbocycles. The lowest BCUT2D eigenvalue weighted by Crippen LogP contribution is -2.71. The average molecular weight is 1990 g/mol. The van der Waals surface area contributed by atoms with Gasteiger partial charge in [-0.1, -0.05) is 170 Å². The van der Waals surface area contributed by atoms with Gasteiger partial charge in [-0.3, -0.25) is 56.7 Å². The van der Waals surface area contributed by atoms with Crippen molar-refractivity contribution in [3.63, 3.8) is 0 Å². The van der Waals surface area contributed by atoms with E-state index >= 15 is 4.57 Å². The van der Waals surface area contributed by atoms with Gasteiger partial charge in [0.2, 0.25) is 29.5 Å². The Balaban J connectivity index is 0.871. The number of carbonyl (C=O) groups excluding carboxylic acids is 9. The number of phosphoric ester groups is 1. The fourth-order valence-electron chi connectivity index (χ4n) is 15.8. The van der Waals surface area contributed by atoms with Crippen LogP contribution in [0.1, 0.15) is 141 Å². The number of rotatable bonds is 55. The number of ether oxygens (including phenoxy) is 15. The van der Waals surface area contributed by atoms with Gasteiger partial charge in [0.25, 0.3) is 5.79 Å². The second-order valence-electron chi connectivity index (χ2n) is 33.7. The molecular formula is C93H132N5O40P. The van der Waals surface area contributed by atoms with Crippen molar-refractivity contribution in [2.75, 3.05) is 59.3 Å². The van der Waals surface area contributed by atoms with E-state index < -0.39 is 310 Å². The molecule has 0 aliphatic carbocycles. The summed E-state index contributed by atoms with van der Waals surface area (Å²) in [4.78, 5) is 135. The van der Waals surface area contributed by atoms with E-state index in [9.17, 15) is 104 Å². The summed E-state index contributed by atoms with van der Waals surface area (Å²) in [5, 5.41) is 134. The van der Waals surface area contributed by atoms with Crippen molar-refractivity contribution in [3.05, 3.63) is 144 Å². The molecule has 5 aliphatic rings. The van der Waals surface area contributed by atoms with Crippen LogP contribution in [0.25, 0.3) is 0 Å². The highest BCUT2D eigenvalue weighted by molar-refractivity contribution is 7.48. The number of carboxylic acids is 1. The molecule has 5 heterocycles. The minimum absolute atomic E-state index is 0.00110. The van der Waals surface area contributed by atoms with Crippen molar-refractivity contribution in [3.8, 4) is 0 Å². The zero-order valence-corrected chi connectivity index (χ0v) is 79.2. The quantitative estimate of drug-likeness (QED) is 0.0121. The van der Waals surface area contributed by atoms with Crippen molar-refractivity contribution in [1.29, 1.82) is 0 Å². The van der Waals surface area contributed by atoms with Crippen LogP contribution in [0.2, 0.25) is 0 Å². The van der Waals surface area contributed by atoms with E-state index in [2.05, 4.69) is 26.6 Å². The Bertz CT molecular complexity index is 4480. The molecule has 28 atom stereocenters. The van der Waals surface area contributed by atoms with Crippen LogP contribution in [0, 0.1) is 5.92 Å². The predicted octanol–water partition coefficient (Wildman–Crippen LogP) is 0.156. The number of hydrogen-bond donors (Lipinski definition) is 16. The van der Waals surface area contributed by atoms with Crippen LogP contribution in [0.5, 0.6) is 0 Å². The van der Waals surface area contributed by atoms with Crippen LogP contribution in [-0.4, -0.2) is 340 Å². The Morgan fingerprint density at radius 1 is 0.475 bits per heavy atom. The van der Waals surface area contributed by atoms with Crippen LogP contribution < -0.4 is 26.6 Å². The molecule has 774 valence electrons. The average Bonchev–Trinajstić information content (AvgIpc) is 0.747. The highest BCUT2D eigenvalue weighted by Crippen LogP contribution is 2.54. The molecule has 5 amide bonds. The molecule has 46 heteroatoms. The minimum Gasteiger partial charge on any atom is -0.477 e. The molecule has 16 N–H and O–H groups in total. The van der Waals surface area contributed by atoms with Crippen molar-refractivity contribution < 1.29 is 193 Å². The van der Waals surface area contributed by atoms with Gasteiger partial charge in [-0.15, -0.1) is 0 Å². The number of esters is 4. The largest absolute Gasteiger partial charge is 0.477 e. The standard InChI is InChI=1S/C93H132N5O40P/c1-8-57(127-70(109)10-3)41-68(107)97-75-82(133-72(111)12-5)52(7)63(51-124-89-76(98-69(108)42-58(9-2)128-71(110)11-4)86(134-73(112)13-6)84(64(132-89)50-121-47-54-28-20-15-21-29-54)138-139(120,125-48-55-30-22-16-23-31-55)126-49-56-32-24-17-25-33-56)131-88(75)122-38-36-94-65(104)34-35-66(105)95-37-39-123-90-80(116)79(115)83(62(46-101)130-90)135-91-81(117)87(78(114)61(45-100)129-91)137-93(92(118)119)43-59(102)74(85(136-93)77(113)60(103)44-99)96-67(106)40-53-26-18-14-19-27-53/h14-33,52,57-64,74-91,99-103,113-117H,8-13,34-51H2,1-7H3,(H,94,104)(H,95,105)(H,96,106)(H,97,107)(H,98,108)(H,118,119)/t52-,57-,58-,59-,60-,61?,62?,63?,64?,74-,75?,76?,77-,78+,79-,80?,81?,82+,83-,84-,85?,86-,87+,88-,89-,90-,91+,93+/m1/s1. The number of benzene rings is 4. The number of carbonyl (C=O) groups is 10. The maximum Gasteiger partial charge on any atom is 0.475 e. The summed E-state index contributed by atoms with van der Waals surface area (Å²) in [5.74, 6) is -12.6. The van der Waals surface area contributed by atoms with E-state index in [1.165, 1.54) is 13.8 Å². The summed E-state index contributed by atoms with van der Waals surface area (Å²) in [5.41, 5.74) is 2.33. The Labute approximate surface area is 802 Å². The number of hydrogen-bond acceptors (Lipinski definition) is 39. The molecule has 45 nitrogen and oxygen atoms in total. The highest BCUT2D eigenvalue weighted by atomic mass is 31.2. The first kappa shape index (κ1) is 113. The molecule has 139 heavy (non-hydrogen) atoms. The Kier molecular flexibility index (Phi) is 46.2. The van der Waals surface area contributed by atoms with E-state index in [0.717, 1.165) is 0 Å². The first-order chi connectivity index (χ1) is 66.6. The van der Waals surface area contributed by atoms with E-state index in [1.807, 2.05) is 0 Å². The van der Waals surface area contributed by atoms with Gasteiger partial charge in [-0.05, 0) is 35.1 Å². The van der Waals surface area contributed by atoms with Crippen LogP contribution in [0.4, 0.5) is 0 Å². The van der Waals surface area contributed by atoms with Crippen molar-refractivity contribution in [2.24, 2.45) is 5.92 Å². The number of aliphatic carboxylic acids is 1. The fourth-order valence-corrected chi connectivity index (χ4v) is 17.1. The molecule has 9 rings (SSSR count). The van der Waals surface area contributed by atoms with Gasteiger partial charge in [0.05, 0.1) is 104 Å². The lowest BCUT2D eigenvalue weighted by atomic mass is 9.88. The summed E-state index contributed by atoms with van der Waals surface area (Å²) in [6.07, 6.45) is -44.7. The van der Waals surface area contributed by atoms with Crippen molar-refractivity contribution in [2.45, 2.75) is 310 Å². The Morgan fingerprint density at radius 3 is 1.43 bits per heavy atom. The summed E-state index contributed by atoms with van der Waals surface area (Å²) in [6.45, 7) is 4.79. The van der Waals surface area contributed by atoms with Gasteiger partial charge in [0.1, 0.15) is 110 Å². The number of carboxylic acid groups (broad SMARTS) is 1. The summed E-state index contributed by atoms with van der Waals surface area (Å²) in [6, 6.07) is 29.8. The molecule has 5 fully saturated rings. The molecule has 4 aromatic rings. The minimum atomic E-state index is -4.91. The second kappa shape index (κ2) is 56.6. The van der Waals surface area contributed by atoms with Gasteiger partial charge >= 0.3 is 37.7 Å². The van der Waals surface area contributed by atoms with E-state index in [-0.39, 0.29) is 84.3 Å². The lowest BCUT2D eigenvalue weighted by Gasteiger charge is -2.50. The van der Waals surface area contributed by atoms with Gasteiger partial charge in [-0.25, -0.2) is 9.36 Å². The molecule has 4 aromatic carbocycles. The molecular weight excluding hydrogens is 1860 g/mol. The number of aliphatic hydroxyl groups is 10. The SMILES string of the molecule is CCC(=O)O[C@H](CC)CC(=O)NC1[C@H](OCCNC(=O)CCC(=O)NCCO[C@@H]2OC(CO)[C@@H](O[C@@H]3OC(CO)[C@H](O)[C@H](O[C@]4(C(=O)O)C[C@@H](O)[C@@H](NC(=O)Cc5ccccc5)C([C@H](O)[C@H](O)CO)O4)C3O)[C@H](O)C2O)OC(CO[C@@H]2OC(COCc3ccccc3)[C@@H](OP(=O)(OCc3ccccc3)OCc3ccccc3)[C@H](OC(=O)CC)C2NC(=O)C[C@@H](CC)OC(=O)CC)[C@@H](C)[C@@H]1OC(=O)CC. The second-order valence-corrected chi connectivity index (χ2v) is 35.3. The summed E-state index contributed by atoms with van der Waals surface area (Å²) in [7, 11) is -4.91. The Morgan fingerprint density at radius 2 is 0.935 bits per heavy atom. The first-order valence-corrected chi connectivity index (χ1v) is 47.9. The summed E-state index contributed by atoms with van der Waals surface area (Å²) < 4.78 is 126. The first-order valence-electron chi connectivity index (χ1n) is 46.4. The Hall–Kier alpha value is -9.15. The fraction of sp³-hybridized carbons (Fsp3) is 0.634. The molecule has 0 bridgehead atoms. The van der Waals surface area contributed by atoms with Crippen LogP contribution in [0.15, 0.2) is 121 Å². The van der Waals surface area contributed by atoms with Gasteiger partial charge in [0.15, 0.2) is 31.3 Å². The van der Waals surface area contributed by atoms with Gasteiger partial charge in [-0.2, -0.15) is 0 Å². The third-order valence-electron chi connectivity index (χ3n) is 23.5. The normalized spacial score (nSPS) is 29.0. The monoisotopic (exact) mass is 1990 g/mol. The molecule has 5 saturated heterocycles. The maximum atomic E-state index is 15.6. The van der Waals surface area contributed by atoms with Crippen molar-refractivity contribution >= 4 is 67.2 Å². The van der Waals surface area contributed by atoms with Crippen LogP contribution >= 0.6 is 7.82 Å². The van der Waals surface area contributed by atoms with E-state index in [4.69, 9.17) is 84.6 Å². The predicted molar refractivity (Wildman–Crippen MR) is 477 cm³/mol. The van der Waals surface area contributed by atoms with E-state index in [0.29, 0.717) is 22.3 Å². The topological polar surface area (TPSA) is 637 Å². The number of aliphatic hydroxyl groups excluding tert-OH is 10. The zero-order chi connectivity index (χ0) is 101. The molecule has 9 unspecified atom stereocenters. The molecule has 0 radical (unpaired) electrons. The van der Waals surface area contributed by atoms with E-state index in [1.54, 1.807) is 156 Å². The van der Waals surface area contributed by atoms with Gasteiger partial charge in [0, 0.05) is 64.0 Å². The molecule has 5 aliphatic heterocycles. The smallest absolute Gasteiger partial charge is 0.475 e. The lowest BCUT2D eigenvalue weighted by molar-refractivity contribution is -0.386. The van der Waals surface area contributed by atoms with Crippen LogP contribution in [0.3, 0.4) is 0 Å². The highest BCUT2D eigenvalue weighted by Gasteiger charge is 2.62. The number of amides is 5. The third-order valence-corrected chi connectivity index (χ3v) is 24.9. The van der Waals surface area contributed by atoms with Crippen LogP contribution in [-0.2, 0) is 163 Å². The van der Waals surface area contributed by atoms with Crippen molar-refractivity contribution in [1.82, 2.24) is 26.6 Å². The maximum absolute atomic E-state index is 15.6. The third kappa shape index (κ3) is 33.5. The zero-order valence-electron chi connectivity index (χ0n) is 78.3.